The molecule has 0 saturated heterocycles. The fourth-order valence-corrected chi connectivity index (χ4v) is 2.36. The van der Waals surface area contributed by atoms with Crippen LogP contribution >= 0.6 is 0 Å². The average molecular weight is 209 g/mol. The second-order valence-corrected chi connectivity index (χ2v) is 5.21. The van der Waals surface area contributed by atoms with Crippen molar-refractivity contribution in [1.82, 2.24) is 20.2 Å². The van der Waals surface area contributed by atoms with Gasteiger partial charge in [0.25, 0.3) is 0 Å². The molecule has 15 heavy (non-hydrogen) atoms. The SMILES string of the molecule is Cn1nnc(C2CC(N)CCC2(C)C)n1. The molecular formula is C10H19N5. The lowest BCUT2D eigenvalue weighted by Gasteiger charge is -2.39. The van der Waals surface area contributed by atoms with Crippen molar-refractivity contribution in [3.8, 4) is 0 Å². The molecule has 1 aromatic heterocycles. The highest BCUT2D eigenvalue weighted by Gasteiger charge is 2.38. The van der Waals surface area contributed by atoms with Crippen LogP contribution in [0.15, 0.2) is 0 Å². The lowest BCUT2D eigenvalue weighted by Crippen LogP contribution is -2.37. The summed E-state index contributed by atoms with van der Waals surface area (Å²) >= 11 is 0. The third kappa shape index (κ3) is 2.02. The number of aromatic nitrogens is 4. The Kier molecular flexibility index (Phi) is 2.50. The van der Waals surface area contributed by atoms with E-state index in [-0.39, 0.29) is 11.5 Å². The largest absolute Gasteiger partial charge is 0.328 e. The van der Waals surface area contributed by atoms with Crippen LogP contribution in [0.3, 0.4) is 0 Å². The summed E-state index contributed by atoms with van der Waals surface area (Å²) < 4.78 is 0. The van der Waals surface area contributed by atoms with Crippen LogP contribution < -0.4 is 5.73 Å². The summed E-state index contributed by atoms with van der Waals surface area (Å²) in [7, 11) is 1.80. The zero-order chi connectivity index (χ0) is 11.1. The van der Waals surface area contributed by atoms with Gasteiger partial charge in [-0.05, 0) is 29.9 Å². The standard InChI is InChI=1S/C10H19N5/c1-10(2)5-4-7(11)6-8(10)9-12-14-15(3)13-9/h7-8H,4-6,11H2,1-3H3. The maximum atomic E-state index is 6.01. The molecule has 5 heteroatoms. The van der Waals surface area contributed by atoms with Crippen LogP contribution in [-0.4, -0.2) is 26.2 Å². The summed E-state index contributed by atoms with van der Waals surface area (Å²) in [6.45, 7) is 4.53. The molecule has 0 aromatic carbocycles. The van der Waals surface area contributed by atoms with Gasteiger partial charge in [0.2, 0.25) is 0 Å². The van der Waals surface area contributed by atoms with E-state index in [0.29, 0.717) is 5.92 Å². The smallest absolute Gasteiger partial charge is 0.178 e. The summed E-state index contributed by atoms with van der Waals surface area (Å²) in [4.78, 5) is 1.52. The highest BCUT2D eigenvalue weighted by Crippen LogP contribution is 2.44. The van der Waals surface area contributed by atoms with Crippen LogP contribution in [0.25, 0.3) is 0 Å². The lowest BCUT2D eigenvalue weighted by atomic mass is 9.67. The van der Waals surface area contributed by atoms with E-state index >= 15 is 0 Å². The summed E-state index contributed by atoms with van der Waals surface area (Å²) in [5.41, 5.74) is 6.24. The molecule has 5 nitrogen and oxygen atoms in total. The molecular weight excluding hydrogens is 190 g/mol. The van der Waals surface area contributed by atoms with Crippen LogP contribution in [0.2, 0.25) is 0 Å². The van der Waals surface area contributed by atoms with Gasteiger partial charge in [-0.2, -0.15) is 4.80 Å². The molecule has 0 aliphatic heterocycles. The Morgan fingerprint density at radius 1 is 1.47 bits per heavy atom. The summed E-state index contributed by atoms with van der Waals surface area (Å²) in [6, 6.07) is 0.284. The molecule has 1 heterocycles. The Labute approximate surface area is 90.0 Å². The monoisotopic (exact) mass is 209 g/mol. The molecule has 1 saturated carbocycles. The van der Waals surface area contributed by atoms with Crippen molar-refractivity contribution in [1.29, 1.82) is 0 Å². The predicted molar refractivity (Wildman–Crippen MR) is 57.1 cm³/mol. The van der Waals surface area contributed by atoms with Crippen LogP contribution in [-0.2, 0) is 7.05 Å². The third-order valence-electron chi connectivity index (χ3n) is 3.48. The molecule has 2 rings (SSSR count). The third-order valence-corrected chi connectivity index (χ3v) is 3.48. The summed E-state index contributed by atoms with van der Waals surface area (Å²) in [5, 5.41) is 12.3. The van der Waals surface area contributed by atoms with E-state index in [0.717, 1.165) is 25.1 Å². The average Bonchev–Trinajstić information content (AvgIpc) is 2.56. The molecule has 0 bridgehead atoms. The zero-order valence-corrected chi connectivity index (χ0v) is 9.64. The van der Waals surface area contributed by atoms with E-state index in [4.69, 9.17) is 5.73 Å². The van der Waals surface area contributed by atoms with Gasteiger partial charge in [-0.1, -0.05) is 13.8 Å². The van der Waals surface area contributed by atoms with Gasteiger partial charge < -0.3 is 5.73 Å². The van der Waals surface area contributed by atoms with E-state index in [1.807, 2.05) is 0 Å². The highest BCUT2D eigenvalue weighted by molar-refractivity contribution is 5.04. The number of rotatable bonds is 1. The van der Waals surface area contributed by atoms with E-state index in [9.17, 15) is 0 Å². The first-order chi connectivity index (χ1) is 6.99. The Hall–Kier alpha value is -0.970. The molecule has 84 valence electrons. The predicted octanol–water partition coefficient (Wildman–Crippen LogP) is 0.831. The van der Waals surface area contributed by atoms with Crippen molar-refractivity contribution >= 4 is 0 Å². The molecule has 1 aromatic rings. The van der Waals surface area contributed by atoms with Crippen molar-refractivity contribution in [2.75, 3.05) is 0 Å². The van der Waals surface area contributed by atoms with Gasteiger partial charge in [-0.3, -0.25) is 0 Å². The van der Waals surface area contributed by atoms with E-state index in [1.54, 1.807) is 7.05 Å². The highest BCUT2D eigenvalue weighted by atomic mass is 15.6. The zero-order valence-electron chi connectivity index (χ0n) is 9.64. The molecule has 2 atom stereocenters. The number of nitrogens with zero attached hydrogens (tertiary/aromatic N) is 4. The number of aryl methyl sites for hydroxylation is 1. The van der Waals surface area contributed by atoms with Crippen molar-refractivity contribution in [2.24, 2.45) is 18.2 Å². The van der Waals surface area contributed by atoms with Gasteiger partial charge in [-0.25, -0.2) is 0 Å². The molecule has 0 spiro atoms. The first kappa shape index (κ1) is 10.5. The molecule has 1 aliphatic carbocycles. The second-order valence-electron chi connectivity index (χ2n) is 5.21. The molecule has 0 radical (unpaired) electrons. The Morgan fingerprint density at radius 3 is 2.80 bits per heavy atom. The number of hydrogen-bond donors (Lipinski definition) is 1. The fraction of sp³-hybridized carbons (Fsp3) is 0.900. The van der Waals surface area contributed by atoms with Crippen molar-refractivity contribution in [3.63, 3.8) is 0 Å². The van der Waals surface area contributed by atoms with Gasteiger partial charge in [0.15, 0.2) is 5.82 Å². The van der Waals surface area contributed by atoms with Gasteiger partial charge in [0.05, 0.1) is 7.05 Å². The number of hydrogen-bond acceptors (Lipinski definition) is 4. The normalized spacial score (nSPS) is 30.4. The second kappa shape index (κ2) is 3.56. The van der Waals surface area contributed by atoms with Gasteiger partial charge >= 0.3 is 0 Å². The Morgan fingerprint density at radius 2 is 2.20 bits per heavy atom. The minimum Gasteiger partial charge on any atom is -0.328 e. The Bertz CT molecular complexity index is 343. The summed E-state index contributed by atoms with van der Waals surface area (Å²) in [5.74, 6) is 1.19. The van der Waals surface area contributed by atoms with Crippen LogP contribution in [0.4, 0.5) is 0 Å². The van der Waals surface area contributed by atoms with E-state index in [1.165, 1.54) is 4.80 Å². The van der Waals surface area contributed by atoms with E-state index < -0.39 is 0 Å². The first-order valence-corrected chi connectivity index (χ1v) is 5.48. The quantitative estimate of drug-likeness (QED) is 0.743. The molecule has 1 aliphatic rings. The molecule has 1 fully saturated rings. The van der Waals surface area contributed by atoms with Crippen molar-refractivity contribution in [2.45, 2.75) is 45.1 Å². The number of tetrazole rings is 1. The van der Waals surface area contributed by atoms with Gasteiger partial charge in [-0.15, -0.1) is 10.2 Å². The maximum absolute atomic E-state index is 6.01. The van der Waals surface area contributed by atoms with Crippen LogP contribution in [0, 0.1) is 5.41 Å². The molecule has 2 unspecified atom stereocenters. The van der Waals surface area contributed by atoms with Gasteiger partial charge in [0, 0.05) is 12.0 Å². The minimum absolute atomic E-state index is 0.235. The summed E-state index contributed by atoms with van der Waals surface area (Å²) in [6.07, 6.45) is 3.21. The maximum Gasteiger partial charge on any atom is 0.178 e. The fourth-order valence-electron chi connectivity index (χ4n) is 2.36. The first-order valence-electron chi connectivity index (χ1n) is 5.48. The van der Waals surface area contributed by atoms with Gasteiger partial charge in [0.1, 0.15) is 0 Å². The lowest BCUT2D eigenvalue weighted by molar-refractivity contribution is 0.176. The van der Waals surface area contributed by atoms with E-state index in [2.05, 4.69) is 29.3 Å². The van der Waals surface area contributed by atoms with Crippen LogP contribution in [0.5, 0.6) is 0 Å². The van der Waals surface area contributed by atoms with Crippen molar-refractivity contribution in [3.05, 3.63) is 5.82 Å². The molecule has 0 amide bonds. The molecule has 2 N–H and O–H groups in total. The Balaban J connectivity index is 2.25. The number of nitrogens with two attached hydrogens (primary N) is 1. The van der Waals surface area contributed by atoms with Crippen LogP contribution in [0.1, 0.15) is 44.9 Å². The van der Waals surface area contributed by atoms with Crippen molar-refractivity contribution < 1.29 is 0 Å². The minimum atomic E-state index is 0.235. The topological polar surface area (TPSA) is 69.6 Å².